The number of aromatic nitrogens is 1. The third-order valence-electron chi connectivity index (χ3n) is 6.08. The van der Waals surface area contributed by atoms with E-state index >= 15 is 0 Å². The number of hydrogen-bond acceptors (Lipinski definition) is 7. The van der Waals surface area contributed by atoms with E-state index in [0.29, 0.717) is 16.7 Å². The van der Waals surface area contributed by atoms with Crippen molar-refractivity contribution in [3.63, 3.8) is 0 Å². The number of sulfone groups is 1. The molecule has 1 aromatic heterocycles. The molecule has 2 aromatic carbocycles. The molecule has 1 amide bonds. The summed E-state index contributed by atoms with van der Waals surface area (Å²) in [4.78, 5) is 22.4. The average molecular weight is 536 g/mol. The molecular formula is C25H30ClN3O4S2. The number of nitrogens with zero attached hydrogens (tertiary/aromatic N) is 3. The van der Waals surface area contributed by atoms with Gasteiger partial charge in [0.15, 0.2) is 15.0 Å². The Balaban J connectivity index is 1.46. The van der Waals surface area contributed by atoms with Gasteiger partial charge in [-0.2, -0.15) is 0 Å². The van der Waals surface area contributed by atoms with Gasteiger partial charge in [-0.25, -0.2) is 13.4 Å². The van der Waals surface area contributed by atoms with E-state index in [1.807, 2.05) is 19.1 Å². The third kappa shape index (κ3) is 6.59. The summed E-state index contributed by atoms with van der Waals surface area (Å²) in [6, 6.07) is 12.1. The summed E-state index contributed by atoms with van der Waals surface area (Å²) in [5.41, 5.74) is 1.80. The van der Waals surface area contributed by atoms with Gasteiger partial charge in [-0.1, -0.05) is 47.2 Å². The Morgan fingerprint density at radius 3 is 2.60 bits per heavy atom. The SMILES string of the molecule is Cc1ccc(Cl)c2sc(N(CCCN3CCOCC3)C(=O)CCCS(=O)(=O)c3ccccc3)nc12. The van der Waals surface area contributed by atoms with Gasteiger partial charge < -0.3 is 4.74 Å². The van der Waals surface area contributed by atoms with E-state index in [-0.39, 0.29) is 29.4 Å². The summed E-state index contributed by atoms with van der Waals surface area (Å²) in [7, 11) is -3.43. The fourth-order valence-corrected chi connectivity index (χ4v) is 6.80. The van der Waals surface area contributed by atoms with Crippen molar-refractivity contribution in [1.82, 2.24) is 9.88 Å². The van der Waals surface area contributed by atoms with Gasteiger partial charge in [-0.3, -0.25) is 14.6 Å². The van der Waals surface area contributed by atoms with E-state index < -0.39 is 9.84 Å². The van der Waals surface area contributed by atoms with Gasteiger partial charge in [0.1, 0.15) is 0 Å². The molecule has 0 unspecified atom stereocenters. The maximum Gasteiger partial charge on any atom is 0.228 e. The topological polar surface area (TPSA) is 79.8 Å². The zero-order valence-electron chi connectivity index (χ0n) is 19.8. The van der Waals surface area contributed by atoms with Crippen LogP contribution in [0.2, 0.25) is 5.02 Å². The van der Waals surface area contributed by atoms with Gasteiger partial charge in [-0.15, -0.1) is 0 Å². The van der Waals surface area contributed by atoms with Gasteiger partial charge in [-0.05, 0) is 43.5 Å². The smallest absolute Gasteiger partial charge is 0.228 e. The number of halogens is 1. The molecule has 1 fully saturated rings. The molecule has 0 saturated carbocycles. The fraction of sp³-hybridized carbons (Fsp3) is 0.440. The number of benzene rings is 2. The molecule has 0 N–H and O–H groups in total. The highest BCUT2D eigenvalue weighted by molar-refractivity contribution is 7.91. The zero-order chi connectivity index (χ0) is 24.8. The predicted octanol–water partition coefficient (Wildman–Crippen LogP) is 4.57. The van der Waals surface area contributed by atoms with Crippen molar-refractivity contribution in [1.29, 1.82) is 0 Å². The molecule has 0 aliphatic carbocycles. The number of hydrogen-bond donors (Lipinski definition) is 0. The Hall–Kier alpha value is -2.04. The highest BCUT2D eigenvalue weighted by atomic mass is 35.5. The molecule has 3 aromatic rings. The van der Waals surface area contributed by atoms with Crippen molar-refractivity contribution < 1.29 is 17.9 Å². The highest BCUT2D eigenvalue weighted by Gasteiger charge is 2.23. The lowest BCUT2D eigenvalue weighted by atomic mass is 10.2. The first-order chi connectivity index (χ1) is 16.8. The Bertz CT molecular complexity index is 1220. The quantitative estimate of drug-likeness (QED) is 0.378. The first-order valence-electron chi connectivity index (χ1n) is 11.8. The lowest BCUT2D eigenvalue weighted by Crippen LogP contribution is -2.39. The molecule has 7 nitrogen and oxygen atoms in total. The lowest BCUT2D eigenvalue weighted by Gasteiger charge is -2.27. The average Bonchev–Trinajstić information content (AvgIpc) is 3.32. The second-order valence-electron chi connectivity index (χ2n) is 8.63. The number of carbonyl (C=O) groups is 1. The molecule has 2 heterocycles. The first-order valence-corrected chi connectivity index (χ1v) is 14.6. The summed E-state index contributed by atoms with van der Waals surface area (Å²) in [5.74, 6) is -0.196. The highest BCUT2D eigenvalue weighted by Crippen LogP contribution is 2.36. The lowest BCUT2D eigenvalue weighted by molar-refractivity contribution is -0.118. The predicted molar refractivity (Wildman–Crippen MR) is 141 cm³/mol. The van der Waals surface area contributed by atoms with E-state index in [9.17, 15) is 13.2 Å². The standard InChI is InChI=1S/C25H30ClN3O4S2/c1-19-10-11-21(26)24-23(19)27-25(34-24)29(13-6-12-28-14-16-33-17-15-28)22(30)9-5-18-35(31,32)20-7-3-2-4-8-20/h2-4,7-8,10-11H,5-6,9,12-18H2,1H3. The van der Waals surface area contributed by atoms with Crippen LogP contribution in [0.3, 0.4) is 0 Å². The molecule has 188 valence electrons. The van der Waals surface area contributed by atoms with Crippen LogP contribution in [0.1, 0.15) is 24.8 Å². The minimum Gasteiger partial charge on any atom is -0.379 e. The first kappa shape index (κ1) is 26.0. The molecule has 0 spiro atoms. The van der Waals surface area contributed by atoms with Crippen LogP contribution >= 0.6 is 22.9 Å². The van der Waals surface area contributed by atoms with Gasteiger partial charge >= 0.3 is 0 Å². The van der Waals surface area contributed by atoms with Gasteiger partial charge in [0, 0.05) is 32.6 Å². The van der Waals surface area contributed by atoms with Crippen molar-refractivity contribution in [2.45, 2.75) is 31.1 Å². The third-order valence-corrected chi connectivity index (χ3v) is 9.44. The minimum atomic E-state index is -3.43. The zero-order valence-corrected chi connectivity index (χ0v) is 22.2. The van der Waals surface area contributed by atoms with Gasteiger partial charge in [0.2, 0.25) is 5.91 Å². The van der Waals surface area contributed by atoms with Crippen LogP contribution in [0.5, 0.6) is 0 Å². The molecule has 35 heavy (non-hydrogen) atoms. The normalized spacial score (nSPS) is 14.9. The van der Waals surface area contributed by atoms with Crippen molar-refractivity contribution in [3.8, 4) is 0 Å². The second-order valence-corrected chi connectivity index (χ2v) is 12.1. The van der Waals surface area contributed by atoms with Crippen LogP contribution in [-0.2, 0) is 19.4 Å². The van der Waals surface area contributed by atoms with Crippen LogP contribution in [0.4, 0.5) is 5.13 Å². The number of anilines is 1. The van der Waals surface area contributed by atoms with E-state index in [1.54, 1.807) is 35.2 Å². The fourth-order valence-electron chi connectivity index (χ4n) is 4.10. The Kier molecular flexibility index (Phi) is 8.77. The maximum absolute atomic E-state index is 13.3. The Labute approximate surface area is 215 Å². The molecule has 0 radical (unpaired) electrons. The van der Waals surface area contributed by atoms with Crippen molar-refractivity contribution in [2.24, 2.45) is 0 Å². The van der Waals surface area contributed by atoms with Crippen LogP contribution < -0.4 is 4.90 Å². The summed E-state index contributed by atoms with van der Waals surface area (Å²) >= 11 is 7.81. The number of morpholine rings is 1. The van der Waals surface area contributed by atoms with E-state index in [4.69, 9.17) is 21.3 Å². The molecule has 10 heteroatoms. The summed E-state index contributed by atoms with van der Waals surface area (Å²) in [6.07, 6.45) is 1.17. The number of fused-ring (bicyclic) bond motifs is 1. The summed E-state index contributed by atoms with van der Waals surface area (Å²) in [6.45, 7) is 6.59. The van der Waals surface area contributed by atoms with Crippen LogP contribution in [0.25, 0.3) is 10.2 Å². The Morgan fingerprint density at radius 2 is 1.89 bits per heavy atom. The van der Waals surface area contributed by atoms with E-state index in [0.717, 1.165) is 55.0 Å². The number of amides is 1. The molecular weight excluding hydrogens is 506 g/mol. The van der Waals surface area contributed by atoms with Crippen LogP contribution in [0.15, 0.2) is 47.4 Å². The number of thiazole rings is 1. The van der Waals surface area contributed by atoms with Crippen molar-refractivity contribution in [3.05, 3.63) is 53.1 Å². The van der Waals surface area contributed by atoms with Gasteiger partial charge in [0.25, 0.3) is 0 Å². The maximum atomic E-state index is 13.3. The number of aryl methyl sites for hydroxylation is 1. The molecule has 1 aliphatic rings. The summed E-state index contributed by atoms with van der Waals surface area (Å²) in [5, 5.41) is 1.22. The molecule has 0 atom stereocenters. The van der Waals surface area contributed by atoms with E-state index in [1.165, 1.54) is 11.3 Å². The Morgan fingerprint density at radius 1 is 1.14 bits per heavy atom. The summed E-state index contributed by atoms with van der Waals surface area (Å²) < 4.78 is 31.5. The number of carbonyl (C=O) groups excluding carboxylic acids is 1. The molecule has 1 saturated heterocycles. The van der Waals surface area contributed by atoms with Crippen LogP contribution in [0, 0.1) is 6.92 Å². The molecule has 1 aliphatic heterocycles. The molecule has 4 rings (SSSR count). The van der Waals surface area contributed by atoms with Crippen molar-refractivity contribution in [2.75, 3.05) is 50.0 Å². The second kappa shape index (κ2) is 11.8. The van der Waals surface area contributed by atoms with Crippen LogP contribution in [-0.4, -0.2) is 69.4 Å². The molecule has 0 bridgehead atoms. The largest absolute Gasteiger partial charge is 0.379 e. The van der Waals surface area contributed by atoms with Gasteiger partial charge in [0.05, 0.1) is 39.1 Å². The minimum absolute atomic E-state index is 0.0743. The number of rotatable bonds is 10. The monoisotopic (exact) mass is 535 g/mol. The number of ether oxygens (including phenoxy) is 1. The van der Waals surface area contributed by atoms with E-state index in [2.05, 4.69) is 4.90 Å². The van der Waals surface area contributed by atoms with Crippen molar-refractivity contribution >= 4 is 54.0 Å².